The van der Waals surface area contributed by atoms with E-state index in [9.17, 15) is 16.8 Å². The van der Waals surface area contributed by atoms with Crippen molar-refractivity contribution < 1.29 is 21.0 Å². The van der Waals surface area contributed by atoms with Crippen molar-refractivity contribution in [2.24, 2.45) is 0 Å². The first-order chi connectivity index (χ1) is 12.6. The molecule has 2 aromatic carbocycles. The van der Waals surface area contributed by atoms with Crippen LogP contribution in [0.3, 0.4) is 0 Å². The molecule has 3 aromatic rings. The van der Waals surface area contributed by atoms with Crippen molar-refractivity contribution in [1.82, 2.24) is 4.98 Å². The van der Waals surface area contributed by atoms with Crippen LogP contribution in [0.2, 0.25) is 0 Å². The molecule has 27 heavy (non-hydrogen) atoms. The van der Waals surface area contributed by atoms with Crippen LogP contribution in [0.15, 0.2) is 65.0 Å². The fraction of sp³-hybridized carbons (Fsp3) is 0.158. The normalized spacial score (nSPS) is 12.2. The van der Waals surface area contributed by atoms with Gasteiger partial charge in [0.15, 0.2) is 0 Å². The highest BCUT2D eigenvalue weighted by molar-refractivity contribution is 7.91. The zero-order chi connectivity index (χ0) is 19.8. The number of aromatic amines is 1. The summed E-state index contributed by atoms with van der Waals surface area (Å²) in [6.45, 7) is 5.55. The molecule has 0 aliphatic heterocycles. The molecule has 0 amide bonds. The van der Waals surface area contributed by atoms with E-state index in [4.69, 9.17) is 4.18 Å². The second kappa shape index (κ2) is 6.86. The standard InChI is InChI=1S/C19H19NO5S2/c1-4-5-15-17(25-26(3,21)22)11-10-16-19(15)18(12-20-16)27(23,24)14-8-6-13(2)7-9-14/h4,6-12,20H,1,5H2,2-3H3. The highest BCUT2D eigenvalue weighted by atomic mass is 32.2. The Labute approximate surface area is 158 Å². The second-order valence-electron chi connectivity index (χ2n) is 6.21. The largest absolute Gasteiger partial charge is 0.382 e. The summed E-state index contributed by atoms with van der Waals surface area (Å²) in [7, 11) is -7.58. The fourth-order valence-electron chi connectivity index (χ4n) is 2.89. The van der Waals surface area contributed by atoms with Gasteiger partial charge in [-0.15, -0.1) is 6.58 Å². The summed E-state index contributed by atoms with van der Waals surface area (Å²) in [6, 6.07) is 9.65. The summed E-state index contributed by atoms with van der Waals surface area (Å²) in [5, 5.41) is 0.400. The number of aryl methyl sites for hydroxylation is 1. The van der Waals surface area contributed by atoms with Gasteiger partial charge in [-0.25, -0.2) is 8.42 Å². The van der Waals surface area contributed by atoms with Gasteiger partial charge in [-0.05, 0) is 37.6 Å². The minimum Gasteiger partial charge on any atom is -0.382 e. The van der Waals surface area contributed by atoms with Crippen molar-refractivity contribution >= 4 is 30.9 Å². The van der Waals surface area contributed by atoms with Gasteiger partial charge >= 0.3 is 10.1 Å². The minimum absolute atomic E-state index is 0.0668. The number of nitrogens with one attached hydrogen (secondary N) is 1. The van der Waals surface area contributed by atoms with Gasteiger partial charge in [0, 0.05) is 22.7 Å². The lowest BCUT2D eigenvalue weighted by Gasteiger charge is -2.11. The van der Waals surface area contributed by atoms with Crippen molar-refractivity contribution in [2.45, 2.75) is 23.1 Å². The number of sulfone groups is 1. The number of aromatic nitrogens is 1. The minimum atomic E-state index is -3.81. The molecule has 0 spiro atoms. The molecular weight excluding hydrogens is 386 g/mol. The Kier molecular flexibility index (Phi) is 4.88. The van der Waals surface area contributed by atoms with Crippen LogP contribution in [0, 0.1) is 6.92 Å². The van der Waals surface area contributed by atoms with E-state index < -0.39 is 20.0 Å². The van der Waals surface area contributed by atoms with Crippen LogP contribution in [0.1, 0.15) is 11.1 Å². The maximum Gasteiger partial charge on any atom is 0.306 e. The van der Waals surface area contributed by atoms with Gasteiger partial charge in [0.05, 0.1) is 16.0 Å². The first-order valence-electron chi connectivity index (χ1n) is 8.08. The lowest BCUT2D eigenvalue weighted by atomic mass is 10.1. The predicted octanol–water partition coefficient (Wildman–Crippen LogP) is 3.38. The molecule has 142 valence electrons. The highest BCUT2D eigenvalue weighted by Crippen LogP contribution is 2.36. The molecule has 0 saturated heterocycles. The third-order valence-corrected chi connectivity index (χ3v) is 6.36. The van der Waals surface area contributed by atoms with Gasteiger partial charge < -0.3 is 9.17 Å². The van der Waals surface area contributed by atoms with Crippen molar-refractivity contribution in [1.29, 1.82) is 0 Å². The van der Waals surface area contributed by atoms with Crippen LogP contribution < -0.4 is 4.18 Å². The summed E-state index contributed by atoms with van der Waals surface area (Å²) in [6.07, 6.45) is 4.17. The van der Waals surface area contributed by atoms with Crippen molar-refractivity contribution in [2.75, 3.05) is 6.26 Å². The van der Waals surface area contributed by atoms with Crippen LogP contribution in [0.5, 0.6) is 5.75 Å². The molecule has 1 N–H and O–H groups in total. The summed E-state index contributed by atoms with van der Waals surface area (Å²) in [5.74, 6) is 0.0878. The molecule has 3 rings (SSSR count). The summed E-state index contributed by atoms with van der Waals surface area (Å²) >= 11 is 0. The SMILES string of the molecule is C=CCc1c(OS(C)(=O)=O)ccc2[nH]cc(S(=O)(=O)c3ccc(C)cc3)c12. The summed E-state index contributed by atoms with van der Waals surface area (Å²) < 4.78 is 54.6. The topological polar surface area (TPSA) is 93.3 Å². The molecule has 0 aliphatic rings. The van der Waals surface area contributed by atoms with Gasteiger partial charge in [0.1, 0.15) is 5.75 Å². The number of benzene rings is 2. The summed E-state index contributed by atoms with van der Waals surface area (Å²) in [5.41, 5.74) is 1.96. The third kappa shape index (κ3) is 3.77. The molecule has 6 nitrogen and oxygen atoms in total. The maximum absolute atomic E-state index is 13.2. The van der Waals surface area contributed by atoms with Crippen molar-refractivity contribution in [3.05, 3.63) is 66.4 Å². The maximum atomic E-state index is 13.2. The van der Waals surface area contributed by atoms with Crippen LogP contribution in [-0.4, -0.2) is 28.1 Å². The van der Waals surface area contributed by atoms with Gasteiger partial charge in [-0.3, -0.25) is 0 Å². The van der Waals surface area contributed by atoms with Gasteiger partial charge in [0.25, 0.3) is 0 Å². The number of H-pyrrole nitrogens is 1. The van der Waals surface area contributed by atoms with E-state index in [0.717, 1.165) is 11.8 Å². The lowest BCUT2D eigenvalue weighted by molar-refractivity contribution is 0.491. The molecule has 1 heterocycles. The molecule has 0 bridgehead atoms. The van der Waals surface area contributed by atoms with E-state index in [1.165, 1.54) is 12.3 Å². The number of hydrogen-bond donors (Lipinski definition) is 1. The van der Waals surface area contributed by atoms with Gasteiger partial charge in [-0.1, -0.05) is 23.8 Å². The number of rotatable bonds is 6. The average Bonchev–Trinajstić information content (AvgIpc) is 3.01. The van der Waals surface area contributed by atoms with Crippen LogP contribution in [0.25, 0.3) is 10.9 Å². The number of allylic oxidation sites excluding steroid dienone is 1. The van der Waals surface area contributed by atoms with Crippen LogP contribution in [-0.2, 0) is 26.4 Å². The molecule has 0 radical (unpaired) electrons. The van der Waals surface area contributed by atoms with Gasteiger partial charge in [0.2, 0.25) is 9.84 Å². The number of hydrogen-bond acceptors (Lipinski definition) is 5. The zero-order valence-corrected chi connectivity index (χ0v) is 16.5. The van der Waals surface area contributed by atoms with Gasteiger partial charge in [-0.2, -0.15) is 8.42 Å². The zero-order valence-electron chi connectivity index (χ0n) is 14.9. The van der Waals surface area contributed by atoms with Crippen molar-refractivity contribution in [3.63, 3.8) is 0 Å². The fourth-order valence-corrected chi connectivity index (χ4v) is 4.84. The van der Waals surface area contributed by atoms with E-state index in [-0.39, 0.29) is 22.0 Å². The highest BCUT2D eigenvalue weighted by Gasteiger charge is 2.25. The first-order valence-corrected chi connectivity index (χ1v) is 11.4. The van der Waals surface area contributed by atoms with Crippen molar-refractivity contribution in [3.8, 4) is 5.75 Å². The first kappa shape index (κ1) is 19.2. The average molecular weight is 405 g/mol. The lowest BCUT2D eigenvalue weighted by Crippen LogP contribution is -2.08. The Balaban J connectivity index is 2.29. The predicted molar refractivity (Wildman–Crippen MR) is 104 cm³/mol. The van der Waals surface area contributed by atoms with Crippen LogP contribution >= 0.6 is 0 Å². The Morgan fingerprint density at radius 1 is 1.07 bits per heavy atom. The Morgan fingerprint density at radius 2 is 1.74 bits per heavy atom. The Hall–Kier alpha value is -2.58. The second-order valence-corrected chi connectivity index (χ2v) is 9.71. The van der Waals surface area contributed by atoms with E-state index in [0.29, 0.717) is 16.5 Å². The molecule has 0 unspecified atom stereocenters. The van der Waals surface area contributed by atoms with E-state index in [2.05, 4.69) is 11.6 Å². The Morgan fingerprint density at radius 3 is 2.33 bits per heavy atom. The Bertz CT molecular complexity index is 1220. The number of fused-ring (bicyclic) bond motifs is 1. The molecular formula is C19H19NO5S2. The molecule has 8 heteroatoms. The molecule has 0 atom stereocenters. The third-order valence-electron chi connectivity index (χ3n) is 4.09. The van der Waals surface area contributed by atoms with E-state index in [1.54, 1.807) is 36.4 Å². The van der Waals surface area contributed by atoms with E-state index in [1.807, 2.05) is 6.92 Å². The molecule has 0 aliphatic carbocycles. The molecule has 1 aromatic heterocycles. The summed E-state index contributed by atoms with van der Waals surface area (Å²) in [4.78, 5) is 3.17. The van der Waals surface area contributed by atoms with E-state index >= 15 is 0 Å². The molecule has 0 saturated carbocycles. The smallest absolute Gasteiger partial charge is 0.306 e. The molecule has 0 fully saturated rings. The van der Waals surface area contributed by atoms with Crippen LogP contribution in [0.4, 0.5) is 0 Å². The monoisotopic (exact) mass is 405 g/mol. The quantitative estimate of drug-likeness (QED) is 0.501.